The first-order valence-electron chi connectivity index (χ1n) is 13.9. The quantitative estimate of drug-likeness (QED) is 0.419. The van der Waals surface area contributed by atoms with Gasteiger partial charge in [-0.15, -0.1) is 0 Å². The molecular formula is C27H34F2N6O5S. The highest BCUT2D eigenvalue weighted by Gasteiger charge is 2.42. The molecule has 1 aliphatic carbocycles. The second kappa shape index (κ2) is 10.6. The Balaban J connectivity index is 1.25. The highest BCUT2D eigenvalue weighted by atomic mass is 32.2. The molecule has 0 spiro atoms. The zero-order valence-electron chi connectivity index (χ0n) is 23.1. The van der Waals surface area contributed by atoms with Crippen molar-refractivity contribution < 1.29 is 30.9 Å². The van der Waals surface area contributed by atoms with E-state index >= 15 is 0 Å². The molecule has 2 aliphatic heterocycles. The summed E-state index contributed by atoms with van der Waals surface area (Å²) in [6.07, 6.45) is 3.00. The summed E-state index contributed by atoms with van der Waals surface area (Å²) in [5.74, 6) is -0.141. The molecular weight excluding hydrogens is 558 g/mol. The fourth-order valence-electron chi connectivity index (χ4n) is 5.87. The van der Waals surface area contributed by atoms with E-state index < -0.39 is 22.0 Å². The Kier molecular flexibility index (Phi) is 7.27. The molecule has 1 aromatic carbocycles. The lowest BCUT2D eigenvalue weighted by Gasteiger charge is -2.43. The summed E-state index contributed by atoms with van der Waals surface area (Å²) in [5.41, 5.74) is 1.36. The molecule has 14 heteroatoms. The molecule has 3 aliphatic rings. The molecule has 1 N–H and O–H groups in total. The van der Waals surface area contributed by atoms with Gasteiger partial charge in [-0.25, -0.2) is 26.9 Å². The third-order valence-electron chi connectivity index (χ3n) is 8.48. The summed E-state index contributed by atoms with van der Waals surface area (Å²) in [6.45, 7) is 5.92. The minimum absolute atomic E-state index is 0.0465. The van der Waals surface area contributed by atoms with E-state index in [0.29, 0.717) is 73.6 Å². The van der Waals surface area contributed by atoms with Gasteiger partial charge in [-0.1, -0.05) is 5.16 Å². The van der Waals surface area contributed by atoms with Crippen LogP contribution in [0.3, 0.4) is 0 Å². The van der Waals surface area contributed by atoms with Crippen LogP contribution in [-0.2, 0) is 14.8 Å². The molecule has 41 heavy (non-hydrogen) atoms. The fraction of sp³-hybridized carbons (Fsp3) is 0.593. The number of likely N-dealkylation sites (tertiary alicyclic amines) is 1. The SMILES string of the molecule is C[C@@H]1CN(c2cc(S(=O)(=O)NC3(C)CC3)cc3c(-c4cocn4)noc23)CCN1C(=O)C1CCN(CC(F)F)CC1. The second-order valence-corrected chi connectivity index (χ2v) is 13.4. The summed E-state index contributed by atoms with van der Waals surface area (Å²) >= 11 is 0. The lowest BCUT2D eigenvalue weighted by Crippen LogP contribution is -2.56. The van der Waals surface area contributed by atoms with Gasteiger partial charge in [0.1, 0.15) is 17.7 Å². The van der Waals surface area contributed by atoms with Crippen molar-refractivity contribution in [2.24, 2.45) is 5.92 Å². The van der Waals surface area contributed by atoms with Gasteiger partial charge in [0.25, 0.3) is 6.43 Å². The molecule has 222 valence electrons. The number of alkyl halides is 2. The van der Waals surface area contributed by atoms with Gasteiger partial charge >= 0.3 is 0 Å². The van der Waals surface area contributed by atoms with E-state index in [0.717, 1.165) is 12.8 Å². The van der Waals surface area contributed by atoms with Crippen LogP contribution in [-0.4, -0.2) is 91.5 Å². The van der Waals surface area contributed by atoms with Gasteiger partial charge in [0.2, 0.25) is 15.9 Å². The van der Waals surface area contributed by atoms with Gasteiger partial charge in [0, 0.05) is 37.1 Å². The number of aromatic nitrogens is 2. The summed E-state index contributed by atoms with van der Waals surface area (Å²) in [5, 5.41) is 4.70. The number of piperidine rings is 1. The van der Waals surface area contributed by atoms with Gasteiger partial charge in [-0.05, 0) is 64.8 Å². The van der Waals surface area contributed by atoms with Crippen molar-refractivity contribution >= 4 is 32.6 Å². The molecule has 3 aromatic rings. The monoisotopic (exact) mass is 592 g/mol. The number of rotatable bonds is 8. The van der Waals surface area contributed by atoms with Crippen molar-refractivity contribution in [1.82, 2.24) is 24.7 Å². The van der Waals surface area contributed by atoms with Crippen molar-refractivity contribution in [3.8, 4) is 11.4 Å². The maximum absolute atomic E-state index is 13.4. The van der Waals surface area contributed by atoms with Gasteiger partial charge in [0.15, 0.2) is 12.0 Å². The lowest BCUT2D eigenvalue weighted by molar-refractivity contribution is -0.139. The van der Waals surface area contributed by atoms with Crippen molar-refractivity contribution in [1.29, 1.82) is 0 Å². The summed E-state index contributed by atoms with van der Waals surface area (Å²) < 4.78 is 66.1. The van der Waals surface area contributed by atoms with E-state index in [-0.39, 0.29) is 29.3 Å². The number of carbonyl (C=O) groups excluding carboxylic acids is 1. The number of nitrogens with one attached hydrogen (secondary N) is 1. The summed E-state index contributed by atoms with van der Waals surface area (Å²) in [4.78, 5) is 23.3. The molecule has 1 saturated carbocycles. The fourth-order valence-corrected chi connectivity index (χ4v) is 7.38. The Hall–Kier alpha value is -3.10. The standard InChI is InChI=1S/C27H34F2N6O5S/c1-17-13-34(9-10-35(17)26(36)18-3-7-33(8-4-18)14-23(28)29)22-12-19(41(37,38)32-27(2)5-6-27)11-20-24(31-40-25(20)22)21-15-39-16-30-21/h11-12,15-18,23,32H,3-10,13-14H2,1-2H3/t17-/m1/s1. The molecule has 0 radical (unpaired) electrons. The molecule has 6 rings (SSSR count). The van der Waals surface area contributed by atoms with Crippen molar-refractivity contribution in [3.63, 3.8) is 0 Å². The zero-order chi connectivity index (χ0) is 28.9. The van der Waals surface area contributed by atoms with Crippen molar-refractivity contribution in [2.75, 3.05) is 44.2 Å². The number of carbonyl (C=O) groups is 1. The van der Waals surface area contributed by atoms with Crippen LogP contribution in [0.1, 0.15) is 39.5 Å². The highest BCUT2D eigenvalue weighted by molar-refractivity contribution is 7.89. The van der Waals surface area contributed by atoms with Gasteiger partial charge in [0.05, 0.1) is 22.5 Å². The normalized spacial score (nSPS) is 22.1. The van der Waals surface area contributed by atoms with Crippen LogP contribution >= 0.6 is 0 Å². The third-order valence-corrected chi connectivity index (χ3v) is 10.1. The molecule has 11 nitrogen and oxygen atoms in total. The number of benzene rings is 1. The zero-order valence-corrected chi connectivity index (χ0v) is 23.9. The predicted molar refractivity (Wildman–Crippen MR) is 146 cm³/mol. The van der Waals surface area contributed by atoms with Gasteiger partial charge in [-0.2, -0.15) is 0 Å². The van der Waals surface area contributed by atoms with Crippen LogP contribution in [0.4, 0.5) is 14.5 Å². The number of amides is 1. The maximum Gasteiger partial charge on any atom is 0.251 e. The molecule has 4 heterocycles. The Morgan fingerprint density at radius 3 is 2.59 bits per heavy atom. The Morgan fingerprint density at radius 2 is 1.95 bits per heavy atom. The number of hydrogen-bond donors (Lipinski definition) is 1. The molecule has 0 unspecified atom stereocenters. The second-order valence-electron chi connectivity index (χ2n) is 11.7. The minimum Gasteiger partial charge on any atom is -0.451 e. The minimum atomic E-state index is -3.84. The third kappa shape index (κ3) is 5.69. The number of sulfonamides is 1. The lowest BCUT2D eigenvalue weighted by atomic mass is 9.94. The van der Waals surface area contributed by atoms with Crippen molar-refractivity contribution in [3.05, 3.63) is 24.8 Å². The van der Waals surface area contributed by atoms with Gasteiger partial charge < -0.3 is 18.7 Å². The average Bonchev–Trinajstić information content (AvgIpc) is 3.30. The van der Waals surface area contributed by atoms with E-state index in [4.69, 9.17) is 8.94 Å². The summed E-state index contributed by atoms with van der Waals surface area (Å²) in [7, 11) is -3.84. The van der Waals surface area contributed by atoms with E-state index in [1.807, 2.05) is 23.6 Å². The van der Waals surface area contributed by atoms with E-state index in [1.165, 1.54) is 12.7 Å². The molecule has 1 amide bonds. The van der Waals surface area contributed by atoms with Gasteiger partial charge in [-0.3, -0.25) is 9.69 Å². The first kappa shape index (κ1) is 28.0. The van der Waals surface area contributed by atoms with E-state index in [2.05, 4.69) is 14.9 Å². The Morgan fingerprint density at radius 1 is 1.20 bits per heavy atom. The largest absolute Gasteiger partial charge is 0.451 e. The maximum atomic E-state index is 13.4. The first-order valence-corrected chi connectivity index (χ1v) is 15.4. The summed E-state index contributed by atoms with van der Waals surface area (Å²) in [6, 6.07) is 3.00. The Labute approximate surface area is 236 Å². The molecule has 2 saturated heterocycles. The average molecular weight is 593 g/mol. The number of nitrogens with zero attached hydrogens (tertiary/aromatic N) is 5. The number of oxazole rings is 1. The van der Waals surface area contributed by atoms with E-state index in [9.17, 15) is 22.0 Å². The smallest absolute Gasteiger partial charge is 0.251 e. The topological polar surface area (TPSA) is 125 Å². The first-order chi connectivity index (χ1) is 19.5. The van der Waals surface area contributed by atoms with Crippen LogP contribution in [0.15, 0.2) is 38.6 Å². The van der Waals surface area contributed by atoms with Crippen molar-refractivity contribution in [2.45, 2.75) is 62.4 Å². The number of hydrogen-bond acceptors (Lipinski definition) is 9. The predicted octanol–water partition coefficient (Wildman–Crippen LogP) is 3.33. The van der Waals surface area contributed by atoms with Crippen LogP contribution in [0, 0.1) is 5.92 Å². The van der Waals surface area contributed by atoms with Crippen LogP contribution in [0.25, 0.3) is 22.4 Å². The number of piperazine rings is 1. The Bertz CT molecular complexity index is 1520. The highest BCUT2D eigenvalue weighted by Crippen LogP contribution is 2.40. The van der Waals surface area contributed by atoms with Crippen LogP contribution in [0.5, 0.6) is 0 Å². The number of fused-ring (bicyclic) bond motifs is 1. The number of halogens is 2. The number of anilines is 1. The molecule has 0 bridgehead atoms. The van der Waals surface area contributed by atoms with Crippen LogP contribution in [0.2, 0.25) is 0 Å². The molecule has 2 aromatic heterocycles. The molecule has 1 atom stereocenters. The van der Waals surface area contributed by atoms with E-state index in [1.54, 1.807) is 17.0 Å². The molecule has 3 fully saturated rings. The van der Waals surface area contributed by atoms with Crippen LogP contribution < -0.4 is 9.62 Å².